The number of aliphatic hydroxyl groups is 1. The van der Waals surface area contributed by atoms with E-state index in [0.717, 1.165) is 25.3 Å². The Morgan fingerprint density at radius 2 is 1.94 bits per heavy atom. The van der Waals surface area contributed by atoms with E-state index in [-0.39, 0.29) is 6.10 Å². The second-order valence-corrected chi connectivity index (χ2v) is 4.71. The van der Waals surface area contributed by atoms with Crippen molar-refractivity contribution < 1.29 is 9.84 Å². The Hall–Kier alpha value is -0.120. The molecule has 0 aromatic rings. The van der Waals surface area contributed by atoms with Crippen LogP contribution < -0.4 is 5.32 Å². The average Bonchev–Trinajstić information content (AvgIpc) is 2.27. The first-order chi connectivity index (χ1) is 7.63. The molecule has 0 aliphatic carbocycles. The van der Waals surface area contributed by atoms with Crippen LogP contribution in [-0.4, -0.2) is 37.5 Å². The zero-order valence-electron chi connectivity index (χ0n) is 11.3. The highest BCUT2D eigenvalue weighted by Gasteiger charge is 2.10. The molecule has 0 aliphatic rings. The lowest BCUT2D eigenvalue weighted by atomic mass is 9.98. The minimum Gasteiger partial charge on any atom is -0.391 e. The van der Waals surface area contributed by atoms with E-state index >= 15 is 0 Å². The maximum Gasteiger partial charge on any atom is 0.0785 e. The van der Waals surface area contributed by atoms with Crippen LogP contribution >= 0.6 is 0 Å². The van der Waals surface area contributed by atoms with Gasteiger partial charge in [-0.3, -0.25) is 0 Å². The van der Waals surface area contributed by atoms with Gasteiger partial charge in [0.25, 0.3) is 0 Å². The molecule has 0 amide bonds. The van der Waals surface area contributed by atoms with Gasteiger partial charge in [0, 0.05) is 13.2 Å². The molecule has 0 saturated heterocycles. The summed E-state index contributed by atoms with van der Waals surface area (Å²) in [4.78, 5) is 0. The molecule has 0 aromatic heterocycles. The minimum absolute atomic E-state index is 0.335. The second kappa shape index (κ2) is 10.1. The molecule has 3 heteroatoms. The van der Waals surface area contributed by atoms with Gasteiger partial charge in [0.05, 0.1) is 12.7 Å². The summed E-state index contributed by atoms with van der Waals surface area (Å²) in [6, 6.07) is 0.588. The van der Waals surface area contributed by atoms with Gasteiger partial charge in [-0.15, -0.1) is 0 Å². The molecule has 16 heavy (non-hydrogen) atoms. The standard InChI is InChI=1S/C13H29NO2/c1-5-11(3)9-12(6-2)14-8-7-13(15)10-16-4/h11-15H,5-10H2,1-4H3. The van der Waals surface area contributed by atoms with Crippen molar-refractivity contribution >= 4 is 0 Å². The Balaban J connectivity index is 3.62. The van der Waals surface area contributed by atoms with Crippen LogP contribution in [0.3, 0.4) is 0 Å². The molecule has 0 aliphatic heterocycles. The molecule has 0 aromatic carbocycles. The third-order valence-electron chi connectivity index (χ3n) is 3.15. The number of ether oxygens (including phenoxy) is 1. The molecule has 0 radical (unpaired) electrons. The predicted octanol–water partition coefficient (Wildman–Crippen LogP) is 2.19. The molecule has 0 saturated carbocycles. The fourth-order valence-electron chi connectivity index (χ4n) is 1.78. The summed E-state index contributed by atoms with van der Waals surface area (Å²) >= 11 is 0. The van der Waals surface area contributed by atoms with E-state index in [1.165, 1.54) is 12.8 Å². The van der Waals surface area contributed by atoms with E-state index in [1.54, 1.807) is 7.11 Å². The lowest BCUT2D eigenvalue weighted by Crippen LogP contribution is -2.33. The highest BCUT2D eigenvalue weighted by atomic mass is 16.5. The van der Waals surface area contributed by atoms with Crippen LogP contribution in [0.25, 0.3) is 0 Å². The molecule has 0 spiro atoms. The van der Waals surface area contributed by atoms with Crippen molar-refractivity contribution in [1.82, 2.24) is 5.32 Å². The van der Waals surface area contributed by atoms with Crippen LogP contribution in [0.4, 0.5) is 0 Å². The van der Waals surface area contributed by atoms with Gasteiger partial charge in [-0.05, 0) is 31.7 Å². The van der Waals surface area contributed by atoms with Crippen LogP contribution in [0.1, 0.15) is 46.5 Å². The molecule has 0 bridgehead atoms. The maximum absolute atomic E-state index is 9.50. The lowest BCUT2D eigenvalue weighted by Gasteiger charge is -2.21. The Morgan fingerprint density at radius 1 is 1.25 bits per heavy atom. The van der Waals surface area contributed by atoms with E-state index in [1.807, 2.05) is 0 Å². The highest BCUT2D eigenvalue weighted by Crippen LogP contribution is 2.11. The van der Waals surface area contributed by atoms with Crippen molar-refractivity contribution in [3.8, 4) is 0 Å². The van der Waals surface area contributed by atoms with Crippen molar-refractivity contribution in [2.75, 3.05) is 20.3 Å². The molecule has 2 N–H and O–H groups in total. The summed E-state index contributed by atoms with van der Waals surface area (Å²) in [6.45, 7) is 8.05. The molecule has 3 nitrogen and oxygen atoms in total. The Kier molecular flexibility index (Phi) is 9.99. The van der Waals surface area contributed by atoms with Crippen LogP contribution in [-0.2, 0) is 4.74 Å². The average molecular weight is 231 g/mol. The Bertz CT molecular complexity index is 153. The number of methoxy groups -OCH3 is 1. The van der Waals surface area contributed by atoms with E-state index in [0.29, 0.717) is 12.6 Å². The summed E-state index contributed by atoms with van der Waals surface area (Å²) in [5.41, 5.74) is 0. The van der Waals surface area contributed by atoms with Gasteiger partial charge < -0.3 is 15.2 Å². The topological polar surface area (TPSA) is 41.5 Å². The first kappa shape index (κ1) is 15.9. The molecule has 0 fully saturated rings. The van der Waals surface area contributed by atoms with E-state index in [2.05, 4.69) is 26.1 Å². The second-order valence-electron chi connectivity index (χ2n) is 4.71. The van der Waals surface area contributed by atoms with Crippen molar-refractivity contribution in [1.29, 1.82) is 0 Å². The van der Waals surface area contributed by atoms with E-state index < -0.39 is 0 Å². The van der Waals surface area contributed by atoms with Gasteiger partial charge in [0.1, 0.15) is 0 Å². The first-order valence-corrected chi connectivity index (χ1v) is 6.54. The normalized spacial score (nSPS) is 17.1. The number of hydrogen-bond acceptors (Lipinski definition) is 3. The molecule has 0 rings (SSSR count). The van der Waals surface area contributed by atoms with Gasteiger partial charge in [-0.25, -0.2) is 0 Å². The summed E-state index contributed by atoms with van der Waals surface area (Å²) in [7, 11) is 1.62. The molecule has 3 unspecified atom stereocenters. The Morgan fingerprint density at radius 3 is 2.44 bits per heavy atom. The largest absolute Gasteiger partial charge is 0.391 e. The van der Waals surface area contributed by atoms with Gasteiger partial charge in [-0.1, -0.05) is 27.2 Å². The summed E-state index contributed by atoms with van der Waals surface area (Å²) in [5.74, 6) is 0.779. The minimum atomic E-state index is -0.335. The van der Waals surface area contributed by atoms with Crippen molar-refractivity contribution in [3.05, 3.63) is 0 Å². The molecular weight excluding hydrogens is 202 g/mol. The molecule has 3 atom stereocenters. The smallest absolute Gasteiger partial charge is 0.0785 e. The van der Waals surface area contributed by atoms with Crippen LogP contribution in [0, 0.1) is 5.92 Å². The summed E-state index contributed by atoms with van der Waals surface area (Å²) in [6.07, 6.45) is 4.06. The van der Waals surface area contributed by atoms with Gasteiger partial charge >= 0.3 is 0 Å². The van der Waals surface area contributed by atoms with Crippen LogP contribution in [0.2, 0.25) is 0 Å². The number of nitrogens with one attached hydrogen (secondary N) is 1. The number of rotatable bonds is 10. The SMILES string of the molecule is CCC(C)CC(CC)NCCC(O)COC. The zero-order chi connectivity index (χ0) is 12.4. The first-order valence-electron chi connectivity index (χ1n) is 6.54. The van der Waals surface area contributed by atoms with E-state index in [9.17, 15) is 5.11 Å². The lowest BCUT2D eigenvalue weighted by molar-refractivity contribution is 0.0588. The maximum atomic E-state index is 9.50. The summed E-state index contributed by atoms with van der Waals surface area (Å²) < 4.78 is 4.89. The number of aliphatic hydroxyl groups excluding tert-OH is 1. The fourth-order valence-corrected chi connectivity index (χ4v) is 1.78. The van der Waals surface area contributed by atoms with Gasteiger partial charge in [-0.2, -0.15) is 0 Å². The highest BCUT2D eigenvalue weighted by molar-refractivity contribution is 4.69. The molecule has 98 valence electrons. The molecule has 0 heterocycles. The monoisotopic (exact) mass is 231 g/mol. The third-order valence-corrected chi connectivity index (χ3v) is 3.15. The van der Waals surface area contributed by atoms with E-state index in [4.69, 9.17) is 4.74 Å². The molecular formula is C13H29NO2. The summed E-state index contributed by atoms with van der Waals surface area (Å²) in [5, 5.41) is 13.0. The fraction of sp³-hybridized carbons (Fsp3) is 1.00. The Labute approximate surface area is 101 Å². The zero-order valence-corrected chi connectivity index (χ0v) is 11.3. The van der Waals surface area contributed by atoms with Gasteiger partial charge in [0.15, 0.2) is 0 Å². The predicted molar refractivity (Wildman–Crippen MR) is 68.7 cm³/mol. The van der Waals surface area contributed by atoms with Crippen LogP contribution in [0.5, 0.6) is 0 Å². The quantitative estimate of drug-likeness (QED) is 0.605. The van der Waals surface area contributed by atoms with Crippen molar-refractivity contribution in [2.24, 2.45) is 5.92 Å². The van der Waals surface area contributed by atoms with Crippen molar-refractivity contribution in [2.45, 2.75) is 58.6 Å². The van der Waals surface area contributed by atoms with Crippen LogP contribution in [0.15, 0.2) is 0 Å². The van der Waals surface area contributed by atoms with Gasteiger partial charge in [0.2, 0.25) is 0 Å². The van der Waals surface area contributed by atoms with Crippen molar-refractivity contribution in [3.63, 3.8) is 0 Å². The third kappa shape index (κ3) is 8.08. The number of hydrogen-bond donors (Lipinski definition) is 2.